The van der Waals surface area contributed by atoms with Crippen molar-refractivity contribution in [1.29, 1.82) is 0 Å². The molecule has 0 amide bonds. The fraction of sp³-hybridized carbons (Fsp3) is 0.571. The highest BCUT2D eigenvalue weighted by molar-refractivity contribution is 5.67. The minimum Gasteiger partial charge on any atom is -0.398 e. The van der Waals surface area contributed by atoms with Gasteiger partial charge in [0, 0.05) is 16.9 Å². The second-order valence-electron chi connectivity index (χ2n) is 4.69. The van der Waals surface area contributed by atoms with E-state index in [-0.39, 0.29) is 0 Å². The molecule has 0 spiro atoms. The van der Waals surface area contributed by atoms with Gasteiger partial charge in [0.1, 0.15) is 0 Å². The fourth-order valence-corrected chi connectivity index (χ4v) is 2.07. The number of hydrogen-bond donors (Lipinski definition) is 2. The molecule has 0 aliphatic carbocycles. The first-order valence-corrected chi connectivity index (χ1v) is 6.20. The molecule has 4 N–H and O–H groups in total. The van der Waals surface area contributed by atoms with E-state index in [0.717, 1.165) is 29.8 Å². The first kappa shape index (κ1) is 12.9. The molecule has 0 radical (unpaired) electrons. The van der Waals surface area contributed by atoms with Gasteiger partial charge in [-0.3, -0.25) is 0 Å². The Morgan fingerprint density at radius 2 is 1.56 bits per heavy atom. The van der Waals surface area contributed by atoms with Crippen LogP contribution in [-0.4, -0.2) is 0 Å². The summed E-state index contributed by atoms with van der Waals surface area (Å²) in [5, 5.41) is 0. The summed E-state index contributed by atoms with van der Waals surface area (Å²) in [5.74, 6) is 0.937. The third-order valence-corrected chi connectivity index (χ3v) is 3.60. The maximum atomic E-state index is 6.26. The molecular formula is C14H24N2. The summed E-state index contributed by atoms with van der Waals surface area (Å²) in [6.07, 6.45) is 2.17. The molecule has 0 aliphatic heterocycles. The van der Waals surface area contributed by atoms with Gasteiger partial charge in [-0.1, -0.05) is 33.8 Å². The third kappa shape index (κ3) is 2.31. The lowest BCUT2D eigenvalue weighted by Gasteiger charge is -2.20. The molecule has 2 atom stereocenters. The van der Waals surface area contributed by atoms with E-state index in [9.17, 15) is 0 Å². The van der Waals surface area contributed by atoms with Gasteiger partial charge < -0.3 is 11.5 Å². The highest BCUT2D eigenvalue weighted by atomic mass is 14.6. The summed E-state index contributed by atoms with van der Waals surface area (Å²) in [6.45, 7) is 8.74. The van der Waals surface area contributed by atoms with Gasteiger partial charge in [0.15, 0.2) is 0 Å². The van der Waals surface area contributed by atoms with Crippen LogP contribution in [0.4, 0.5) is 11.4 Å². The predicted molar refractivity (Wildman–Crippen MR) is 72.7 cm³/mol. The van der Waals surface area contributed by atoms with Gasteiger partial charge in [-0.2, -0.15) is 0 Å². The minimum atomic E-state index is 0.434. The summed E-state index contributed by atoms with van der Waals surface area (Å²) in [6, 6.07) is 4.07. The van der Waals surface area contributed by atoms with Crippen molar-refractivity contribution in [2.24, 2.45) is 0 Å². The fourth-order valence-electron chi connectivity index (χ4n) is 2.07. The molecule has 2 unspecified atom stereocenters. The molecule has 0 aliphatic rings. The van der Waals surface area contributed by atoms with E-state index in [1.165, 1.54) is 5.56 Å². The molecule has 0 saturated heterocycles. The highest BCUT2D eigenvalue weighted by Crippen LogP contribution is 2.36. The summed E-state index contributed by atoms with van der Waals surface area (Å²) in [5.41, 5.74) is 16.4. The topological polar surface area (TPSA) is 52.0 Å². The number of rotatable bonds is 4. The number of benzene rings is 1. The average molecular weight is 220 g/mol. The Morgan fingerprint density at radius 3 is 2.06 bits per heavy atom. The number of nitrogens with two attached hydrogens (primary N) is 2. The molecule has 1 aromatic rings. The summed E-state index contributed by atoms with van der Waals surface area (Å²) >= 11 is 0. The Balaban J connectivity index is 3.26. The van der Waals surface area contributed by atoms with E-state index in [1.54, 1.807) is 0 Å². The van der Waals surface area contributed by atoms with Crippen molar-refractivity contribution in [3.8, 4) is 0 Å². The Hall–Kier alpha value is -1.18. The van der Waals surface area contributed by atoms with Crippen LogP contribution >= 0.6 is 0 Å². The van der Waals surface area contributed by atoms with Gasteiger partial charge in [0.05, 0.1) is 0 Å². The van der Waals surface area contributed by atoms with E-state index < -0.39 is 0 Å². The van der Waals surface area contributed by atoms with E-state index >= 15 is 0 Å². The van der Waals surface area contributed by atoms with Crippen molar-refractivity contribution in [3.05, 3.63) is 23.3 Å². The van der Waals surface area contributed by atoms with Crippen LogP contribution in [0.15, 0.2) is 12.1 Å². The standard InChI is InChI=1S/C14H24N2/c1-5-9(3)11-7-8-12(15)13(14(11)16)10(4)6-2/h7-10H,5-6,15-16H2,1-4H3. The lowest BCUT2D eigenvalue weighted by Crippen LogP contribution is -2.08. The van der Waals surface area contributed by atoms with Crippen LogP contribution in [0.5, 0.6) is 0 Å². The lowest BCUT2D eigenvalue weighted by molar-refractivity contribution is 0.717. The van der Waals surface area contributed by atoms with Crippen molar-refractivity contribution in [2.75, 3.05) is 11.5 Å². The molecular weight excluding hydrogens is 196 g/mol. The minimum absolute atomic E-state index is 0.434. The van der Waals surface area contributed by atoms with Crippen molar-refractivity contribution in [1.82, 2.24) is 0 Å². The van der Waals surface area contributed by atoms with Crippen molar-refractivity contribution < 1.29 is 0 Å². The molecule has 1 rings (SSSR count). The van der Waals surface area contributed by atoms with Crippen LogP contribution in [0, 0.1) is 0 Å². The second kappa shape index (κ2) is 5.24. The Morgan fingerprint density at radius 1 is 1.00 bits per heavy atom. The Bertz CT molecular complexity index is 358. The number of hydrogen-bond acceptors (Lipinski definition) is 2. The van der Waals surface area contributed by atoms with Gasteiger partial charge in [0.2, 0.25) is 0 Å². The predicted octanol–water partition coefficient (Wildman–Crippen LogP) is 3.88. The van der Waals surface area contributed by atoms with Crippen LogP contribution in [0.2, 0.25) is 0 Å². The molecule has 0 heterocycles. The van der Waals surface area contributed by atoms with Gasteiger partial charge >= 0.3 is 0 Å². The maximum absolute atomic E-state index is 6.26. The van der Waals surface area contributed by atoms with Crippen molar-refractivity contribution in [3.63, 3.8) is 0 Å². The molecule has 0 aromatic heterocycles. The van der Waals surface area contributed by atoms with E-state index in [1.807, 2.05) is 6.07 Å². The average Bonchev–Trinajstić information content (AvgIpc) is 2.28. The van der Waals surface area contributed by atoms with E-state index in [2.05, 4.69) is 33.8 Å². The lowest BCUT2D eigenvalue weighted by atomic mass is 9.88. The SMILES string of the molecule is CCC(C)c1ccc(N)c(C(C)CC)c1N. The Kier molecular flexibility index (Phi) is 4.22. The molecule has 16 heavy (non-hydrogen) atoms. The molecule has 1 aromatic carbocycles. The summed E-state index contributed by atoms with van der Waals surface area (Å²) in [7, 11) is 0. The number of nitrogen functional groups attached to an aromatic ring is 2. The summed E-state index contributed by atoms with van der Waals surface area (Å²) in [4.78, 5) is 0. The zero-order chi connectivity index (χ0) is 12.3. The molecule has 0 saturated carbocycles. The van der Waals surface area contributed by atoms with Gasteiger partial charge in [-0.05, 0) is 36.3 Å². The van der Waals surface area contributed by atoms with Crippen molar-refractivity contribution >= 4 is 11.4 Å². The highest BCUT2D eigenvalue weighted by Gasteiger charge is 2.16. The first-order valence-electron chi connectivity index (χ1n) is 6.20. The molecule has 0 fully saturated rings. The van der Waals surface area contributed by atoms with Crippen LogP contribution in [0.25, 0.3) is 0 Å². The second-order valence-corrected chi connectivity index (χ2v) is 4.69. The molecule has 90 valence electrons. The molecule has 0 bridgehead atoms. The third-order valence-electron chi connectivity index (χ3n) is 3.60. The van der Waals surface area contributed by atoms with Gasteiger partial charge in [-0.15, -0.1) is 0 Å². The normalized spacial score (nSPS) is 14.8. The smallest absolute Gasteiger partial charge is 0.0405 e. The largest absolute Gasteiger partial charge is 0.398 e. The van der Waals surface area contributed by atoms with Crippen LogP contribution in [0.3, 0.4) is 0 Å². The van der Waals surface area contributed by atoms with Gasteiger partial charge in [0.25, 0.3) is 0 Å². The zero-order valence-corrected chi connectivity index (χ0v) is 10.9. The molecule has 2 nitrogen and oxygen atoms in total. The van der Waals surface area contributed by atoms with Gasteiger partial charge in [-0.25, -0.2) is 0 Å². The van der Waals surface area contributed by atoms with Crippen molar-refractivity contribution in [2.45, 2.75) is 52.4 Å². The monoisotopic (exact) mass is 220 g/mol. The van der Waals surface area contributed by atoms with E-state index in [4.69, 9.17) is 11.5 Å². The molecule has 2 heteroatoms. The first-order chi connectivity index (χ1) is 7.52. The zero-order valence-electron chi connectivity index (χ0n) is 10.9. The van der Waals surface area contributed by atoms with Crippen LogP contribution in [0.1, 0.15) is 63.5 Å². The summed E-state index contributed by atoms with van der Waals surface area (Å²) < 4.78 is 0. The number of anilines is 2. The quantitative estimate of drug-likeness (QED) is 0.757. The maximum Gasteiger partial charge on any atom is 0.0405 e. The Labute approximate surface area is 99.0 Å². The van der Waals surface area contributed by atoms with Crippen LogP contribution in [-0.2, 0) is 0 Å². The van der Waals surface area contributed by atoms with Crippen LogP contribution < -0.4 is 11.5 Å². The van der Waals surface area contributed by atoms with E-state index in [0.29, 0.717) is 11.8 Å².